The normalized spacial score (nSPS) is 20.6. The number of pyridine rings is 2. The summed E-state index contributed by atoms with van der Waals surface area (Å²) in [4.78, 5) is 21.2. The third-order valence-corrected chi connectivity index (χ3v) is 11.6. The Morgan fingerprint density at radius 1 is 1.18 bits per heavy atom. The van der Waals surface area contributed by atoms with Crippen LogP contribution in [0.1, 0.15) is 36.1 Å². The van der Waals surface area contributed by atoms with Gasteiger partial charge in [-0.2, -0.15) is 25.5 Å². The number of likely N-dealkylation sites (tertiary alicyclic amines) is 1. The monoisotopic (exact) mass is 686 g/mol. The van der Waals surface area contributed by atoms with Crippen molar-refractivity contribution in [3.05, 3.63) is 94.1 Å². The second-order valence-corrected chi connectivity index (χ2v) is 14.8. The molecule has 5 rings (SSSR count). The van der Waals surface area contributed by atoms with Crippen LogP contribution in [0, 0.1) is 0 Å². The zero-order valence-electron chi connectivity index (χ0n) is 23.4. The van der Waals surface area contributed by atoms with Gasteiger partial charge in [-0.05, 0) is 55.0 Å². The third kappa shape index (κ3) is 6.66. The van der Waals surface area contributed by atoms with Gasteiger partial charge >= 0.3 is 22.1 Å². The predicted octanol–water partition coefficient (Wildman–Crippen LogP) is 6.65. The number of carbonyl (C=O) groups is 1. The van der Waals surface area contributed by atoms with Crippen molar-refractivity contribution in [1.82, 2.24) is 9.97 Å². The van der Waals surface area contributed by atoms with Crippen molar-refractivity contribution in [2.75, 3.05) is 11.9 Å². The minimum absolute atomic E-state index is 0.0951. The molecule has 1 amide bonds. The maximum Gasteiger partial charge on any atom is 0.416 e. The molecule has 1 aliphatic heterocycles. The lowest BCUT2D eigenvalue weighted by molar-refractivity contribution is -0.827. The number of rotatable bonds is 9. The molecule has 4 heterocycles. The number of nitrogens with two attached hydrogens (primary N) is 1. The van der Waals surface area contributed by atoms with Gasteiger partial charge < -0.3 is 11.1 Å². The summed E-state index contributed by atoms with van der Waals surface area (Å²) < 4.78 is 96.6. The van der Waals surface area contributed by atoms with Crippen molar-refractivity contribution in [3.63, 3.8) is 0 Å². The van der Waals surface area contributed by atoms with Crippen LogP contribution in [0.15, 0.2) is 77.3 Å². The highest BCUT2D eigenvalue weighted by Gasteiger charge is 2.65. The average molecular weight is 687 g/mol. The summed E-state index contributed by atoms with van der Waals surface area (Å²) in [5.41, 5.74) is 5.98. The largest absolute Gasteiger partial charge is 0.416 e. The lowest BCUT2D eigenvalue weighted by Crippen LogP contribution is -2.59. The van der Waals surface area contributed by atoms with Crippen molar-refractivity contribution in [3.8, 4) is 11.3 Å². The smallest absolute Gasteiger partial charge is 0.364 e. The van der Waals surface area contributed by atoms with E-state index in [1.165, 1.54) is 36.4 Å². The van der Waals surface area contributed by atoms with Gasteiger partial charge in [-0.25, -0.2) is 13.8 Å². The zero-order valence-corrected chi connectivity index (χ0v) is 25.8. The number of benzene rings is 1. The van der Waals surface area contributed by atoms with E-state index in [-0.39, 0.29) is 31.2 Å². The van der Waals surface area contributed by atoms with Crippen LogP contribution in [-0.4, -0.2) is 46.7 Å². The summed E-state index contributed by atoms with van der Waals surface area (Å²) in [5.74, 6) is -4.61. The summed E-state index contributed by atoms with van der Waals surface area (Å²) in [7, 11) is -4.70. The van der Waals surface area contributed by atoms with E-state index in [0.29, 0.717) is 11.3 Å². The summed E-state index contributed by atoms with van der Waals surface area (Å²) >= 11 is 6.66. The Kier molecular flexibility index (Phi) is 8.68. The van der Waals surface area contributed by atoms with Gasteiger partial charge in [0.2, 0.25) is 0 Å². The molecule has 2 unspecified atom stereocenters. The first-order chi connectivity index (χ1) is 21.0. The van der Waals surface area contributed by atoms with Crippen LogP contribution in [0.5, 0.6) is 0 Å². The van der Waals surface area contributed by atoms with Gasteiger partial charge in [0.15, 0.2) is 16.8 Å². The van der Waals surface area contributed by atoms with Crippen molar-refractivity contribution in [2.45, 2.75) is 48.3 Å². The number of nitrogens with zero attached hydrogens (tertiary/aromatic N) is 3. The van der Waals surface area contributed by atoms with Gasteiger partial charge in [0, 0.05) is 23.5 Å². The molecular weight excluding hydrogens is 661 g/mol. The van der Waals surface area contributed by atoms with E-state index < -0.39 is 69.1 Å². The van der Waals surface area contributed by atoms with E-state index in [1.807, 2.05) is 0 Å². The lowest BCUT2D eigenvalue weighted by atomic mass is 10.1. The molecular formula is C29H26ClF5N5O3S2+. The Hall–Kier alpha value is -3.66. The fourth-order valence-electron chi connectivity index (χ4n) is 5.44. The first kappa shape index (κ1) is 32.7. The summed E-state index contributed by atoms with van der Waals surface area (Å²) in [6.07, 6.45) is -2.48. The highest BCUT2D eigenvalue weighted by Crippen LogP contribution is 2.46. The Labute approximate surface area is 264 Å². The molecule has 0 radical (unpaired) electrons. The van der Waals surface area contributed by atoms with Gasteiger partial charge in [-0.15, -0.1) is 11.3 Å². The molecule has 3 N–H and O–H groups in total. The number of amides is 1. The summed E-state index contributed by atoms with van der Waals surface area (Å²) in [6, 6.07) is 10.8. The number of sulfonamides is 1. The highest BCUT2D eigenvalue weighted by molar-refractivity contribution is 7.88. The predicted molar refractivity (Wildman–Crippen MR) is 159 cm³/mol. The van der Waals surface area contributed by atoms with E-state index >= 15 is 8.78 Å². The molecule has 0 bridgehead atoms. The van der Waals surface area contributed by atoms with E-state index in [9.17, 15) is 26.4 Å². The maximum absolute atomic E-state index is 15.1. The lowest BCUT2D eigenvalue weighted by Gasteiger charge is -2.36. The van der Waals surface area contributed by atoms with Crippen LogP contribution in [0.4, 0.5) is 27.8 Å². The zero-order chi connectivity index (χ0) is 32.8. The Balaban J connectivity index is 1.66. The van der Waals surface area contributed by atoms with E-state index in [1.54, 1.807) is 31.5 Å². The van der Waals surface area contributed by atoms with Crippen molar-refractivity contribution < 1.29 is 39.1 Å². The van der Waals surface area contributed by atoms with Crippen LogP contribution >= 0.6 is 22.9 Å². The second-order valence-electron chi connectivity index (χ2n) is 10.8. The number of aromatic nitrogens is 2. The van der Waals surface area contributed by atoms with Crippen LogP contribution in [-0.2, 0) is 27.5 Å². The number of hydrogen-bond donors (Lipinski definition) is 2. The number of nitrogens with one attached hydrogen (secondary N) is 1. The quantitative estimate of drug-likeness (QED) is 0.151. The fraction of sp³-hybridized carbons (Fsp3) is 0.276. The minimum atomic E-state index is -4.70. The SMILES string of the molecule is CC(Nc1cc(C[N+]2(S(=O)(=O)c3ccc(Cl)s3)CC(F)(F)C[C@H]2C(N)=O)cc(-c2ccc(C(F)(F)F)cc2)n1)c1cccnc1. The first-order valence-electron chi connectivity index (χ1n) is 13.4. The van der Waals surface area contributed by atoms with Crippen molar-refractivity contribution in [2.24, 2.45) is 5.73 Å². The van der Waals surface area contributed by atoms with E-state index in [2.05, 4.69) is 15.3 Å². The van der Waals surface area contributed by atoms with Crippen molar-refractivity contribution >= 4 is 44.7 Å². The van der Waals surface area contributed by atoms with Gasteiger partial charge in [0.05, 0.1) is 28.1 Å². The Bertz CT molecular complexity index is 1820. The maximum atomic E-state index is 15.1. The average Bonchev–Trinajstić information content (AvgIpc) is 3.54. The van der Waals surface area contributed by atoms with Gasteiger partial charge in [0.25, 0.3) is 5.91 Å². The number of alkyl halides is 5. The van der Waals surface area contributed by atoms with Gasteiger partial charge in [-0.3, -0.25) is 9.78 Å². The number of quaternary nitrogens is 1. The second kappa shape index (κ2) is 11.9. The molecule has 1 saturated heterocycles. The molecule has 0 saturated carbocycles. The number of thiophene rings is 1. The third-order valence-electron chi connectivity index (χ3n) is 7.56. The molecule has 45 heavy (non-hydrogen) atoms. The van der Waals surface area contributed by atoms with Gasteiger partial charge in [-0.1, -0.05) is 29.8 Å². The molecule has 3 aromatic heterocycles. The Morgan fingerprint density at radius 3 is 2.47 bits per heavy atom. The number of primary amides is 1. The molecule has 1 fully saturated rings. The van der Waals surface area contributed by atoms with Crippen LogP contribution in [0.2, 0.25) is 4.34 Å². The topological polar surface area (TPSA) is 115 Å². The number of carbonyl (C=O) groups excluding carboxylic acids is 1. The fourth-order valence-corrected chi connectivity index (χ4v) is 9.28. The first-order valence-corrected chi connectivity index (χ1v) is 16.0. The molecule has 1 aliphatic rings. The molecule has 16 heteroatoms. The number of halogens is 6. The van der Waals surface area contributed by atoms with Crippen LogP contribution in [0.25, 0.3) is 11.3 Å². The molecule has 4 aromatic rings. The van der Waals surface area contributed by atoms with E-state index in [0.717, 1.165) is 17.7 Å². The van der Waals surface area contributed by atoms with Crippen LogP contribution in [0.3, 0.4) is 0 Å². The molecule has 8 nitrogen and oxygen atoms in total. The Morgan fingerprint density at radius 2 is 1.89 bits per heavy atom. The molecule has 1 aromatic carbocycles. The number of hydrogen-bond acceptors (Lipinski definition) is 7. The highest BCUT2D eigenvalue weighted by atomic mass is 35.5. The summed E-state index contributed by atoms with van der Waals surface area (Å²) in [6.45, 7) is -0.0786. The van der Waals surface area contributed by atoms with Crippen molar-refractivity contribution in [1.29, 1.82) is 0 Å². The molecule has 0 spiro atoms. The molecule has 0 aliphatic carbocycles. The van der Waals surface area contributed by atoms with E-state index in [4.69, 9.17) is 17.3 Å². The standard InChI is InChI=1S/C29H25ClF5N5O3S2/c1-17(20-3-2-10-37-14-20)38-25-12-18(11-22(39-25)19-4-6-21(7-5-19)29(33,34)35)15-40(16-28(31,32)13-23(40)27(36)41)45(42,43)26-9-8-24(30)44-26/h2-12,14,17,23H,13,15-16H2,1H3,(H2-,36,38,39,41)/p+1/t17?,23-,40?/m0/s1. The van der Waals surface area contributed by atoms with Crippen LogP contribution < -0.4 is 11.1 Å². The van der Waals surface area contributed by atoms with Gasteiger partial charge in [0.1, 0.15) is 12.4 Å². The molecule has 3 atom stereocenters. The summed E-state index contributed by atoms with van der Waals surface area (Å²) in [5, 5.41) is 3.16. The molecule has 238 valence electrons. The minimum Gasteiger partial charge on any atom is -0.364 e. The number of anilines is 1.